The summed E-state index contributed by atoms with van der Waals surface area (Å²) in [5.41, 5.74) is 2.38. The van der Waals surface area contributed by atoms with Crippen molar-refractivity contribution < 1.29 is 19.1 Å². The molecule has 1 aliphatic heterocycles. The van der Waals surface area contributed by atoms with Crippen LogP contribution in [0.3, 0.4) is 0 Å². The molecule has 0 saturated heterocycles. The first-order chi connectivity index (χ1) is 16.0. The summed E-state index contributed by atoms with van der Waals surface area (Å²) in [4.78, 5) is 28.3. The number of para-hydroxylation sites is 3. The maximum atomic E-state index is 13.5. The number of halogens is 1. The van der Waals surface area contributed by atoms with E-state index in [1.165, 1.54) is 4.90 Å². The molecular formula is C26H23ClN2O4. The standard InChI is InChI=1S/C26H23ClN2O4/c1-3-33-22-11-7-5-9-20(22)28-24-23(17-12-14-19(27)15-13-17)25(30)29(26(24)31)16-18-8-4-6-10-21(18)32-2/h4-15,28H,3,16H2,1-2H3. The SMILES string of the molecule is CCOc1ccccc1NC1=C(c2ccc(Cl)cc2)C(=O)N(Cc2ccccc2OC)C1=O. The quantitative estimate of drug-likeness (QED) is 0.469. The Morgan fingerprint density at radius 2 is 1.55 bits per heavy atom. The lowest BCUT2D eigenvalue weighted by molar-refractivity contribution is -0.137. The van der Waals surface area contributed by atoms with Crippen molar-refractivity contribution in [1.82, 2.24) is 4.90 Å². The highest BCUT2D eigenvalue weighted by Crippen LogP contribution is 2.35. The van der Waals surface area contributed by atoms with E-state index in [4.69, 9.17) is 21.1 Å². The summed E-state index contributed by atoms with van der Waals surface area (Å²) in [6.07, 6.45) is 0. The summed E-state index contributed by atoms with van der Waals surface area (Å²) in [5.74, 6) is 0.368. The number of ether oxygens (including phenoxy) is 2. The van der Waals surface area contributed by atoms with Crippen LogP contribution in [0.25, 0.3) is 5.57 Å². The first kappa shape index (κ1) is 22.4. The summed E-state index contributed by atoms with van der Waals surface area (Å²) in [7, 11) is 1.56. The Balaban J connectivity index is 1.76. The minimum absolute atomic E-state index is 0.0804. The van der Waals surface area contributed by atoms with Crippen LogP contribution in [0.2, 0.25) is 5.02 Å². The molecule has 0 spiro atoms. The third-order valence-electron chi connectivity index (χ3n) is 5.27. The topological polar surface area (TPSA) is 67.9 Å². The summed E-state index contributed by atoms with van der Waals surface area (Å²) in [6, 6.07) is 21.4. The molecule has 2 amide bonds. The van der Waals surface area contributed by atoms with Crippen LogP contribution in [-0.4, -0.2) is 30.4 Å². The molecule has 0 fully saturated rings. The van der Waals surface area contributed by atoms with E-state index < -0.39 is 11.8 Å². The van der Waals surface area contributed by atoms with E-state index >= 15 is 0 Å². The number of carbonyl (C=O) groups excluding carboxylic acids is 2. The van der Waals surface area contributed by atoms with Gasteiger partial charge in [0, 0.05) is 10.6 Å². The van der Waals surface area contributed by atoms with Crippen molar-refractivity contribution >= 4 is 34.7 Å². The summed E-state index contributed by atoms with van der Waals surface area (Å²) in [5, 5.41) is 3.70. The lowest BCUT2D eigenvalue weighted by atomic mass is 10.0. The van der Waals surface area contributed by atoms with E-state index in [0.717, 1.165) is 5.56 Å². The molecule has 0 unspecified atom stereocenters. The first-order valence-corrected chi connectivity index (χ1v) is 10.9. The van der Waals surface area contributed by atoms with Crippen molar-refractivity contribution in [2.75, 3.05) is 19.0 Å². The van der Waals surface area contributed by atoms with Crippen molar-refractivity contribution in [3.63, 3.8) is 0 Å². The summed E-state index contributed by atoms with van der Waals surface area (Å²) < 4.78 is 11.1. The molecule has 33 heavy (non-hydrogen) atoms. The van der Waals surface area contributed by atoms with Crippen LogP contribution in [-0.2, 0) is 16.1 Å². The number of rotatable bonds is 8. The van der Waals surface area contributed by atoms with Crippen molar-refractivity contribution in [2.24, 2.45) is 0 Å². The van der Waals surface area contributed by atoms with Gasteiger partial charge in [0.1, 0.15) is 17.2 Å². The van der Waals surface area contributed by atoms with Crippen molar-refractivity contribution in [1.29, 1.82) is 0 Å². The van der Waals surface area contributed by atoms with Gasteiger partial charge in [-0.05, 0) is 42.8 Å². The zero-order valence-electron chi connectivity index (χ0n) is 18.3. The molecule has 0 bridgehead atoms. The Morgan fingerprint density at radius 1 is 0.879 bits per heavy atom. The van der Waals surface area contributed by atoms with Gasteiger partial charge in [0.2, 0.25) is 0 Å². The highest BCUT2D eigenvalue weighted by atomic mass is 35.5. The number of nitrogens with one attached hydrogen (secondary N) is 1. The molecule has 6 nitrogen and oxygen atoms in total. The van der Waals surface area contributed by atoms with Gasteiger partial charge in [0.05, 0.1) is 31.5 Å². The summed E-state index contributed by atoms with van der Waals surface area (Å²) >= 11 is 6.05. The Morgan fingerprint density at radius 3 is 2.24 bits per heavy atom. The molecule has 4 rings (SSSR count). The minimum atomic E-state index is -0.429. The predicted molar refractivity (Wildman–Crippen MR) is 128 cm³/mol. The van der Waals surface area contributed by atoms with E-state index in [9.17, 15) is 9.59 Å². The second kappa shape index (κ2) is 9.79. The fourth-order valence-electron chi connectivity index (χ4n) is 3.71. The smallest absolute Gasteiger partial charge is 0.278 e. The maximum Gasteiger partial charge on any atom is 0.278 e. The number of hydrogen-bond acceptors (Lipinski definition) is 5. The minimum Gasteiger partial charge on any atom is -0.496 e. The van der Waals surface area contributed by atoms with Gasteiger partial charge in [-0.25, -0.2) is 0 Å². The lowest BCUT2D eigenvalue weighted by Crippen LogP contribution is -2.32. The molecule has 1 heterocycles. The fraction of sp³-hybridized carbons (Fsp3) is 0.154. The van der Waals surface area contributed by atoms with Gasteiger partial charge in [-0.1, -0.05) is 54.1 Å². The van der Waals surface area contributed by atoms with Crippen LogP contribution in [0.1, 0.15) is 18.1 Å². The van der Waals surface area contributed by atoms with Gasteiger partial charge >= 0.3 is 0 Å². The normalized spacial score (nSPS) is 13.5. The summed E-state index contributed by atoms with van der Waals surface area (Å²) in [6.45, 7) is 2.43. The molecule has 0 saturated carbocycles. The van der Waals surface area contributed by atoms with Crippen LogP contribution >= 0.6 is 11.6 Å². The maximum absolute atomic E-state index is 13.5. The molecule has 0 aliphatic carbocycles. The first-order valence-electron chi connectivity index (χ1n) is 10.5. The van der Waals surface area contributed by atoms with Crippen molar-refractivity contribution in [3.8, 4) is 11.5 Å². The van der Waals surface area contributed by atoms with E-state index in [1.54, 1.807) is 43.5 Å². The number of benzene rings is 3. The predicted octanol–water partition coefficient (Wildman–Crippen LogP) is 5.14. The van der Waals surface area contributed by atoms with Gasteiger partial charge in [-0.3, -0.25) is 14.5 Å². The largest absolute Gasteiger partial charge is 0.496 e. The molecule has 1 aliphatic rings. The Hall–Kier alpha value is -3.77. The molecule has 7 heteroatoms. The molecule has 0 aromatic heterocycles. The molecule has 168 valence electrons. The number of amides is 2. The van der Waals surface area contributed by atoms with E-state index in [1.807, 2.05) is 43.3 Å². The Bertz CT molecular complexity index is 1220. The average Bonchev–Trinajstić information content (AvgIpc) is 3.05. The van der Waals surface area contributed by atoms with Crippen LogP contribution in [0.4, 0.5) is 5.69 Å². The van der Waals surface area contributed by atoms with Gasteiger partial charge < -0.3 is 14.8 Å². The number of methoxy groups -OCH3 is 1. The van der Waals surface area contributed by atoms with E-state index in [0.29, 0.717) is 34.4 Å². The molecule has 3 aromatic carbocycles. The van der Waals surface area contributed by atoms with Gasteiger partial charge in [0.25, 0.3) is 11.8 Å². The number of anilines is 1. The molecule has 0 radical (unpaired) electrons. The zero-order chi connectivity index (χ0) is 23.4. The van der Waals surface area contributed by atoms with Crippen molar-refractivity contribution in [2.45, 2.75) is 13.5 Å². The lowest BCUT2D eigenvalue weighted by Gasteiger charge is -2.17. The third-order valence-corrected chi connectivity index (χ3v) is 5.52. The second-order valence-corrected chi connectivity index (χ2v) is 7.76. The van der Waals surface area contributed by atoms with Crippen LogP contribution in [0.15, 0.2) is 78.5 Å². The van der Waals surface area contributed by atoms with Crippen molar-refractivity contribution in [3.05, 3.63) is 94.6 Å². The van der Waals surface area contributed by atoms with Crippen LogP contribution < -0.4 is 14.8 Å². The van der Waals surface area contributed by atoms with Crippen LogP contribution in [0.5, 0.6) is 11.5 Å². The molecule has 3 aromatic rings. The third kappa shape index (κ3) is 4.56. The molecule has 1 N–H and O–H groups in total. The average molecular weight is 463 g/mol. The van der Waals surface area contributed by atoms with E-state index in [2.05, 4.69) is 5.32 Å². The highest BCUT2D eigenvalue weighted by molar-refractivity contribution is 6.36. The van der Waals surface area contributed by atoms with Crippen LogP contribution in [0, 0.1) is 0 Å². The Kier molecular flexibility index (Phi) is 6.66. The Labute approximate surface area is 197 Å². The monoisotopic (exact) mass is 462 g/mol. The number of hydrogen-bond donors (Lipinski definition) is 1. The van der Waals surface area contributed by atoms with Gasteiger partial charge in [0.15, 0.2) is 0 Å². The van der Waals surface area contributed by atoms with Gasteiger partial charge in [-0.15, -0.1) is 0 Å². The van der Waals surface area contributed by atoms with Gasteiger partial charge in [-0.2, -0.15) is 0 Å². The molecular weight excluding hydrogens is 440 g/mol. The molecule has 0 atom stereocenters. The number of nitrogens with zero attached hydrogens (tertiary/aromatic N) is 1. The number of imide groups is 1. The zero-order valence-corrected chi connectivity index (χ0v) is 19.1. The van der Waals surface area contributed by atoms with E-state index in [-0.39, 0.29) is 17.8 Å². The highest BCUT2D eigenvalue weighted by Gasteiger charge is 2.39. The number of carbonyl (C=O) groups is 2. The fourth-order valence-corrected chi connectivity index (χ4v) is 3.84. The second-order valence-electron chi connectivity index (χ2n) is 7.32.